The lowest BCUT2D eigenvalue weighted by atomic mass is 9.89. The highest BCUT2D eigenvalue weighted by atomic mass is 16.5. The lowest BCUT2D eigenvalue weighted by Crippen LogP contribution is -2.45. The number of hydrogen-bond donors (Lipinski definition) is 1. The normalized spacial score (nSPS) is 18.6. The lowest BCUT2D eigenvalue weighted by molar-refractivity contribution is -0.129. The fourth-order valence-electron chi connectivity index (χ4n) is 3.68. The molecule has 2 aromatic rings. The first-order valence-electron chi connectivity index (χ1n) is 10.0. The Morgan fingerprint density at radius 1 is 1.25 bits per heavy atom. The molecule has 4 nitrogen and oxygen atoms in total. The Labute approximate surface area is 168 Å². The van der Waals surface area contributed by atoms with Gasteiger partial charge in [0, 0.05) is 12.0 Å². The van der Waals surface area contributed by atoms with E-state index >= 15 is 0 Å². The van der Waals surface area contributed by atoms with Crippen LogP contribution in [-0.2, 0) is 4.79 Å². The molecular weight excluding hydrogens is 350 g/mol. The van der Waals surface area contributed by atoms with Crippen LogP contribution in [0.4, 0.5) is 0 Å². The van der Waals surface area contributed by atoms with E-state index < -0.39 is 6.10 Å². The number of carbonyl (C=O) groups is 1. The van der Waals surface area contributed by atoms with Crippen LogP contribution in [0.1, 0.15) is 61.9 Å². The zero-order valence-corrected chi connectivity index (χ0v) is 17.8. The Hall–Kier alpha value is -2.49. The van der Waals surface area contributed by atoms with Crippen molar-refractivity contribution in [3.63, 3.8) is 0 Å². The highest BCUT2D eigenvalue weighted by molar-refractivity contribution is 5.81. The van der Waals surface area contributed by atoms with Gasteiger partial charge < -0.3 is 14.8 Å². The molecular formula is C24H31NO3. The molecule has 0 aliphatic carbocycles. The third kappa shape index (κ3) is 4.32. The molecule has 3 rings (SSSR count). The number of ether oxygens (including phenoxy) is 2. The molecule has 150 valence electrons. The standard InChI is InChI=1S/C24H31NO3/c1-7-20(27-21-10-8-9-16(3)17(21)4)23(26)25-19-14-24(5,6)28-22-13-15(2)11-12-18(19)22/h8-13,19-20H,7,14H2,1-6H3,(H,25,26). The van der Waals surface area contributed by atoms with E-state index in [2.05, 4.69) is 31.3 Å². The van der Waals surface area contributed by atoms with Crippen LogP contribution in [0.2, 0.25) is 0 Å². The molecule has 0 radical (unpaired) electrons. The van der Waals surface area contributed by atoms with Crippen LogP contribution in [0.3, 0.4) is 0 Å². The molecule has 1 aliphatic rings. The molecule has 0 spiro atoms. The highest BCUT2D eigenvalue weighted by Crippen LogP contribution is 2.40. The number of benzene rings is 2. The Kier molecular flexibility index (Phi) is 5.69. The first kappa shape index (κ1) is 20.2. The lowest BCUT2D eigenvalue weighted by Gasteiger charge is -2.38. The van der Waals surface area contributed by atoms with Gasteiger partial charge in [-0.25, -0.2) is 0 Å². The third-order valence-electron chi connectivity index (χ3n) is 5.43. The van der Waals surface area contributed by atoms with Gasteiger partial charge in [-0.3, -0.25) is 4.79 Å². The van der Waals surface area contributed by atoms with Crippen LogP contribution in [0, 0.1) is 20.8 Å². The molecule has 2 atom stereocenters. The summed E-state index contributed by atoms with van der Waals surface area (Å²) in [5.74, 6) is 1.54. The summed E-state index contributed by atoms with van der Waals surface area (Å²) in [6, 6.07) is 12.0. The van der Waals surface area contributed by atoms with Crippen molar-refractivity contribution in [1.29, 1.82) is 0 Å². The molecule has 2 unspecified atom stereocenters. The number of rotatable bonds is 5. The Morgan fingerprint density at radius 3 is 2.71 bits per heavy atom. The zero-order valence-electron chi connectivity index (χ0n) is 17.8. The van der Waals surface area contributed by atoms with Gasteiger partial charge in [-0.1, -0.05) is 31.2 Å². The largest absolute Gasteiger partial charge is 0.487 e. The van der Waals surface area contributed by atoms with Gasteiger partial charge >= 0.3 is 0 Å². The van der Waals surface area contributed by atoms with Crippen molar-refractivity contribution in [1.82, 2.24) is 5.32 Å². The zero-order chi connectivity index (χ0) is 20.5. The summed E-state index contributed by atoms with van der Waals surface area (Å²) in [4.78, 5) is 13.1. The van der Waals surface area contributed by atoms with E-state index in [4.69, 9.17) is 9.47 Å². The van der Waals surface area contributed by atoms with E-state index in [0.717, 1.165) is 33.8 Å². The molecule has 1 aliphatic heterocycles. The van der Waals surface area contributed by atoms with Gasteiger partial charge in [-0.15, -0.1) is 0 Å². The minimum atomic E-state index is -0.527. The van der Waals surface area contributed by atoms with Crippen molar-refractivity contribution in [2.24, 2.45) is 0 Å². The number of fused-ring (bicyclic) bond motifs is 1. The van der Waals surface area contributed by atoms with Crippen molar-refractivity contribution in [2.45, 2.75) is 72.1 Å². The number of amides is 1. The summed E-state index contributed by atoms with van der Waals surface area (Å²) in [6.45, 7) is 12.2. The van der Waals surface area contributed by atoms with E-state index in [9.17, 15) is 4.79 Å². The van der Waals surface area contributed by atoms with Gasteiger partial charge in [-0.05, 0) is 69.9 Å². The fraction of sp³-hybridized carbons (Fsp3) is 0.458. The molecule has 0 saturated carbocycles. The van der Waals surface area contributed by atoms with Crippen molar-refractivity contribution < 1.29 is 14.3 Å². The Balaban J connectivity index is 1.80. The number of hydrogen-bond acceptors (Lipinski definition) is 3. The average molecular weight is 382 g/mol. The summed E-state index contributed by atoms with van der Waals surface area (Å²) in [5, 5.41) is 3.21. The second-order valence-electron chi connectivity index (χ2n) is 8.38. The number of aryl methyl sites for hydroxylation is 2. The molecule has 4 heteroatoms. The van der Waals surface area contributed by atoms with E-state index in [-0.39, 0.29) is 17.6 Å². The van der Waals surface area contributed by atoms with Gasteiger partial charge in [0.1, 0.15) is 17.1 Å². The SMILES string of the molecule is CCC(Oc1cccc(C)c1C)C(=O)NC1CC(C)(C)Oc2cc(C)ccc21. The van der Waals surface area contributed by atoms with Crippen LogP contribution < -0.4 is 14.8 Å². The predicted molar refractivity (Wildman–Crippen MR) is 112 cm³/mol. The van der Waals surface area contributed by atoms with Crippen molar-refractivity contribution in [2.75, 3.05) is 0 Å². The monoisotopic (exact) mass is 381 g/mol. The van der Waals surface area contributed by atoms with Gasteiger partial charge in [0.15, 0.2) is 6.10 Å². The van der Waals surface area contributed by atoms with Gasteiger partial charge in [0.05, 0.1) is 6.04 Å². The average Bonchev–Trinajstić information content (AvgIpc) is 2.61. The number of nitrogens with one attached hydrogen (secondary N) is 1. The Bertz CT molecular complexity index is 872. The van der Waals surface area contributed by atoms with Crippen molar-refractivity contribution in [3.8, 4) is 11.5 Å². The highest BCUT2D eigenvalue weighted by Gasteiger charge is 2.35. The molecule has 28 heavy (non-hydrogen) atoms. The quantitative estimate of drug-likeness (QED) is 0.775. The van der Waals surface area contributed by atoms with Crippen LogP contribution in [0.15, 0.2) is 36.4 Å². The summed E-state index contributed by atoms with van der Waals surface area (Å²) < 4.78 is 12.2. The molecule has 1 N–H and O–H groups in total. The van der Waals surface area contributed by atoms with Crippen molar-refractivity contribution >= 4 is 5.91 Å². The minimum absolute atomic E-state index is 0.0855. The summed E-state index contributed by atoms with van der Waals surface area (Å²) >= 11 is 0. The fourth-order valence-corrected chi connectivity index (χ4v) is 3.68. The molecule has 2 aromatic carbocycles. The maximum Gasteiger partial charge on any atom is 0.261 e. The molecule has 0 fully saturated rings. The van der Waals surface area contributed by atoms with E-state index in [1.54, 1.807) is 0 Å². The second-order valence-corrected chi connectivity index (χ2v) is 8.38. The molecule has 0 aromatic heterocycles. The van der Waals surface area contributed by atoms with E-state index in [1.165, 1.54) is 0 Å². The maximum absolute atomic E-state index is 13.1. The predicted octanol–water partition coefficient (Wildman–Crippen LogP) is 5.19. The van der Waals surface area contributed by atoms with Gasteiger partial charge in [0.2, 0.25) is 0 Å². The van der Waals surface area contributed by atoms with E-state index in [0.29, 0.717) is 12.8 Å². The van der Waals surface area contributed by atoms with Crippen LogP contribution in [0.25, 0.3) is 0 Å². The topological polar surface area (TPSA) is 47.6 Å². The summed E-state index contributed by atoms with van der Waals surface area (Å²) in [5.41, 5.74) is 4.06. The third-order valence-corrected chi connectivity index (χ3v) is 5.43. The first-order chi connectivity index (χ1) is 13.2. The van der Waals surface area contributed by atoms with Crippen LogP contribution >= 0.6 is 0 Å². The molecule has 1 amide bonds. The summed E-state index contributed by atoms with van der Waals surface area (Å²) in [6.07, 6.45) is 0.793. The maximum atomic E-state index is 13.1. The first-order valence-corrected chi connectivity index (χ1v) is 10.0. The van der Waals surface area contributed by atoms with Gasteiger partial charge in [0.25, 0.3) is 5.91 Å². The molecule has 0 bridgehead atoms. The number of carbonyl (C=O) groups excluding carboxylic acids is 1. The second kappa shape index (κ2) is 7.86. The van der Waals surface area contributed by atoms with Gasteiger partial charge in [-0.2, -0.15) is 0 Å². The molecule has 1 heterocycles. The smallest absolute Gasteiger partial charge is 0.261 e. The molecule has 0 saturated heterocycles. The summed E-state index contributed by atoms with van der Waals surface area (Å²) in [7, 11) is 0. The Morgan fingerprint density at radius 2 is 2.00 bits per heavy atom. The van der Waals surface area contributed by atoms with Crippen molar-refractivity contribution in [3.05, 3.63) is 58.7 Å². The van der Waals surface area contributed by atoms with E-state index in [1.807, 2.05) is 52.0 Å². The van der Waals surface area contributed by atoms with Crippen LogP contribution in [0.5, 0.6) is 11.5 Å². The van der Waals surface area contributed by atoms with Crippen LogP contribution in [-0.4, -0.2) is 17.6 Å². The minimum Gasteiger partial charge on any atom is -0.487 e.